The summed E-state index contributed by atoms with van der Waals surface area (Å²) in [4.78, 5) is 19.4. The maximum absolute atomic E-state index is 11.8. The average Bonchev–Trinajstić information content (AvgIpc) is 3.29. The second-order valence-corrected chi connectivity index (χ2v) is 10.5. The first-order valence-electron chi connectivity index (χ1n) is 12.3. The number of rotatable bonds is 6. The van der Waals surface area contributed by atoms with Gasteiger partial charge in [-0.25, -0.2) is 0 Å². The number of piperazine rings is 1. The Bertz CT molecular complexity index is 720. The Morgan fingerprint density at radius 1 is 0.967 bits per heavy atom. The Hall–Kier alpha value is -1.55. The summed E-state index contributed by atoms with van der Waals surface area (Å²) in [5.41, 5.74) is 4.99. The minimum Gasteiger partial charge on any atom is -0.372 e. The van der Waals surface area contributed by atoms with Gasteiger partial charge in [0.25, 0.3) is 0 Å². The number of carbonyl (C=O) groups excluding carboxylic acids is 1. The second kappa shape index (κ2) is 9.30. The van der Waals surface area contributed by atoms with Crippen LogP contribution in [0.15, 0.2) is 18.2 Å². The van der Waals surface area contributed by atoms with Gasteiger partial charge in [0, 0.05) is 57.1 Å². The second-order valence-electron chi connectivity index (χ2n) is 10.5. The van der Waals surface area contributed by atoms with Gasteiger partial charge in [0.15, 0.2) is 0 Å². The van der Waals surface area contributed by atoms with Crippen LogP contribution in [-0.2, 0) is 4.79 Å². The predicted octanol–water partition coefficient (Wildman–Crippen LogP) is 5.07. The van der Waals surface area contributed by atoms with E-state index in [1.165, 1.54) is 63.0 Å². The molecule has 4 heteroatoms. The van der Waals surface area contributed by atoms with E-state index in [0.717, 1.165) is 26.2 Å². The standard InChI is InChI=1S/C26H41N3O/c1-4-23(30)20-27-15-17-29(18-16-27)25-8-7-22(28-13-5-6-14-28)19-24(25)21-9-11-26(2,3)12-10-21/h7-8,19,21H,4-6,9-18,20H2,1-3H3. The zero-order valence-electron chi connectivity index (χ0n) is 19.5. The van der Waals surface area contributed by atoms with Gasteiger partial charge in [-0.3, -0.25) is 9.69 Å². The molecule has 1 aromatic carbocycles. The van der Waals surface area contributed by atoms with Crippen LogP contribution in [0.2, 0.25) is 0 Å². The van der Waals surface area contributed by atoms with Gasteiger partial charge in [0.2, 0.25) is 0 Å². The van der Waals surface area contributed by atoms with Gasteiger partial charge >= 0.3 is 0 Å². The molecular weight excluding hydrogens is 370 g/mol. The lowest BCUT2D eigenvalue weighted by Gasteiger charge is -2.40. The Labute approximate surface area is 183 Å². The monoisotopic (exact) mass is 411 g/mol. The molecule has 2 saturated heterocycles. The number of anilines is 2. The summed E-state index contributed by atoms with van der Waals surface area (Å²) in [6, 6.07) is 7.32. The Kier molecular flexibility index (Phi) is 6.72. The van der Waals surface area contributed by atoms with Crippen molar-refractivity contribution in [3.8, 4) is 0 Å². The number of ketones is 1. The third-order valence-corrected chi connectivity index (χ3v) is 7.77. The van der Waals surface area contributed by atoms with Crippen LogP contribution in [0, 0.1) is 5.41 Å². The zero-order chi connectivity index (χ0) is 21.1. The fourth-order valence-electron chi connectivity index (χ4n) is 5.55. The molecule has 1 saturated carbocycles. The smallest absolute Gasteiger partial charge is 0.146 e. The van der Waals surface area contributed by atoms with Gasteiger partial charge < -0.3 is 9.80 Å². The number of hydrogen-bond acceptors (Lipinski definition) is 4. The number of carbonyl (C=O) groups is 1. The molecule has 2 aliphatic heterocycles. The topological polar surface area (TPSA) is 26.8 Å². The van der Waals surface area contributed by atoms with E-state index >= 15 is 0 Å². The van der Waals surface area contributed by atoms with Gasteiger partial charge in [0.05, 0.1) is 6.54 Å². The van der Waals surface area contributed by atoms with E-state index in [4.69, 9.17) is 0 Å². The van der Waals surface area contributed by atoms with Crippen molar-refractivity contribution in [2.24, 2.45) is 5.41 Å². The minimum atomic E-state index is 0.365. The fourth-order valence-corrected chi connectivity index (χ4v) is 5.55. The lowest BCUT2D eigenvalue weighted by atomic mass is 9.71. The van der Waals surface area contributed by atoms with Gasteiger partial charge in [-0.05, 0) is 73.6 Å². The third kappa shape index (κ3) is 5.01. The summed E-state index contributed by atoms with van der Waals surface area (Å²) in [5, 5.41) is 0. The molecule has 0 spiro atoms. The molecular formula is C26H41N3O. The van der Waals surface area contributed by atoms with Crippen molar-refractivity contribution in [1.29, 1.82) is 0 Å². The Balaban J connectivity index is 1.52. The zero-order valence-corrected chi connectivity index (χ0v) is 19.5. The Morgan fingerprint density at radius 3 is 2.27 bits per heavy atom. The van der Waals surface area contributed by atoms with Crippen molar-refractivity contribution in [2.45, 2.75) is 71.6 Å². The predicted molar refractivity (Wildman–Crippen MR) is 127 cm³/mol. The molecule has 3 aliphatic rings. The maximum atomic E-state index is 11.8. The Morgan fingerprint density at radius 2 is 1.63 bits per heavy atom. The molecule has 0 atom stereocenters. The SMILES string of the molecule is CCC(=O)CN1CCN(c2ccc(N3CCCC3)cc2C2CCC(C)(C)CC2)CC1. The number of Topliss-reactive ketones (excluding diaryl/α,β-unsaturated/α-hetero) is 1. The van der Waals surface area contributed by atoms with Gasteiger partial charge in [0.1, 0.15) is 5.78 Å². The van der Waals surface area contributed by atoms with Crippen LogP contribution >= 0.6 is 0 Å². The van der Waals surface area contributed by atoms with Crippen LogP contribution in [0.1, 0.15) is 77.2 Å². The van der Waals surface area contributed by atoms with Crippen molar-refractivity contribution < 1.29 is 4.79 Å². The molecule has 4 rings (SSSR count). The number of benzene rings is 1. The van der Waals surface area contributed by atoms with E-state index in [2.05, 4.69) is 46.7 Å². The average molecular weight is 412 g/mol. The number of hydrogen-bond donors (Lipinski definition) is 0. The van der Waals surface area contributed by atoms with Gasteiger partial charge in [-0.2, -0.15) is 0 Å². The molecule has 1 aliphatic carbocycles. The largest absolute Gasteiger partial charge is 0.372 e. The molecule has 4 nitrogen and oxygen atoms in total. The molecule has 0 amide bonds. The van der Waals surface area contributed by atoms with Crippen LogP contribution in [-0.4, -0.2) is 56.5 Å². The summed E-state index contributed by atoms with van der Waals surface area (Å²) < 4.78 is 0. The molecule has 0 unspecified atom stereocenters. The highest BCUT2D eigenvalue weighted by Gasteiger charge is 2.31. The van der Waals surface area contributed by atoms with Crippen LogP contribution in [0.3, 0.4) is 0 Å². The third-order valence-electron chi connectivity index (χ3n) is 7.77. The lowest BCUT2D eigenvalue weighted by Crippen LogP contribution is -2.48. The maximum Gasteiger partial charge on any atom is 0.146 e. The van der Waals surface area contributed by atoms with Crippen molar-refractivity contribution >= 4 is 17.2 Å². The quantitative estimate of drug-likeness (QED) is 0.653. The molecule has 2 heterocycles. The van der Waals surface area contributed by atoms with Gasteiger partial charge in [-0.1, -0.05) is 20.8 Å². The van der Waals surface area contributed by atoms with E-state index in [0.29, 0.717) is 30.1 Å². The highest BCUT2D eigenvalue weighted by Crippen LogP contribution is 2.45. The molecule has 0 aromatic heterocycles. The van der Waals surface area contributed by atoms with Crippen LogP contribution in [0.25, 0.3) is 0 Å². The summed E-state index contributed by atoms with van der Waals surface area (Å²) in [7, 11) is 0. The van der Waals surface area contributed by atoms with Crippen LogP contribution in [0.5, 0.6) is 0 Å². The van der Waals surface area contributed by atoms with Crippen LogP contribution in [0.4, 0.5) is 11.4 Å². The minimum absolute atomic E-state index is 0.365. The van der Waals surface area contributed by atoms with Crippen molar-refractivity contribution in [3.05, 3.63) is 23.8 Å². The van der Waals surface area contributed by atoms with E-state index in [1.807, 2.05) is 6.92 Å². The molecule has 0 N–H and O–H groups in total. The van der Waals surface area contributed by atoms with Crippen molar-refractivity contribution in [3.63, 3.8) is 0 Å². The fraction of sp³-hybridized carbons (Fsp3) is 0.731. The molecule has 0 radical (unpaired) electrons. The summed E-state index contributed by atoms with van der Waals surface area (Å²) in [6.07, 6.45) is 8.60. The first-order chi connectivity index (χ1) is 14.4. The van der Waals surface area contributed by atoms with Crippen molar-refractivity contribution in [2.75, 3.05) is 55.6 Å². The first-order valence-corrected chi connectivity index (χ1v) is 12.3. The molecule has 1 aromatic rings. The van der Waals surface area contributed by atoms with Gasteiger partial charge in [-0.15, -0.1) is 0 Å². The lowest BCUT2D eigenvalue weighted by molar-refractivity contribution is -0.119. The first kappa shape index (κ1) is 21.7. The normalized spacial score (nSPS) is 23.2. The van der Waals surface area contributed by atoms with E-state index in [9.17, 15) is 4.79 Å². The van der Waals surface area contributed by atoms with Crippen molar-refractivity contribution in [1.82, 2.24) is 4.90 Å². The van der Waals surface area contributed by atoms with E-state index in [-0.39, 0.29) is 0 Å². The summed E-state index contributed by atoms with van der Waals surface area (Å²) in [6.45, 7) is 13.9. The number of nitrogens with zero attached hydrogens (tertiary/aromatic N) is 3. The van der Waals surface area contributed by atoms with E-state index < -0.39 is 0 Å². The highest BCUT2D eigenvalue weighted by molar-refractivity contribution is 5.80. The molecule has 3 fully saturated rings. The molecule has 30 heavy (non-hydrogen) atoms. The van der Waals surface area contributed by atoms with Crippen LogP contribution < -0.4 is 9.80 Å². The summed E-state index contributed by atoms with van der Waals surface area (Å²) >= 11 is 0. The molecule has 0 bridgehead atoms. The highest BCUT2D eigenvalue weighted by atomic mass is 16.1. The summed E-state index contributed by atoms with van der Waals surface area (Å²) in [5.74, 6) is 1.05. The van der Waals surface area contributed by atoms with E-state index in [1.54, 1.807) is 5.56 Å². The molecule has 166 valence electrons.